The molecule has 0 rings (SSSR count). The molecular formula is C20H34NO6P. The molecule has 0 heterocycles. The van der Waals surface area contributed by atoms with E-state index in [0.717, 1.165) is 31.3 Å². The number of hydrogen-bond acceptors (Lipinski definition) is 3. The van der Waals surface area contributed by atoms with Gasteiger partial charge in [-0.25, -0.2) is 0 Å². The first-order valence-electron chi connectivity index (χ1n) is 9.30. The molecule has 0 radical (unpaired) electrons. The molecule has 3 N–H and O–H groups in total. The number of nitrogens with zero attached hydrogens (tertiary/aromatic N) is 1. The molecule has 0 aromatic carbocycles. The zero-order chi connectivity index (χ0) is 21.9. The van der Waals surface area contributed by atoms with Crippen molar-refractivity contribution in [2.75, 3.05) is 19.8 Å². The Balaban J connectivity index is 4.60. The standard InChI is InChI=1S/C20H34NO6P/c1-15(2)8-6-9-16(3)10-7-11-17(4)12-13-21(5)19(22)18(20(23)24)14-28(25,26)27/h8,10,12,18H,6-7,9,11,13-14H2,1-5H3,(H,23,24)(H2,25,26,27)/b16-10+,17-12+. The lowest BCUT2D eigenvalue weighted by molar-refractivity contribution is -0.149. The van der Waals surface area contributed by atoms with Crippen LogP contribution in [0.2, 0.25) is 0 Å². The molecule has 0 fully saturated rings. The SMILES string of the molecule is CC(C)=CCC/C(C)=C/CC/C(C)=C/CN(C)C(=O)C(CP(=O)(O)O)C(=O)O. The van der Waals surface area contributed by atoms with Gasteiger partial charge in [-0.05, 0) is 53.4 Å². The summed E-state index contributed by atoms with van der Waals surface area (Å²) >= 11 is 0. The minimum absolute atomic E-state index is 0.193. The van der Waals surface area contributed by atoms with E-state index in [1.165, 1.54) is 23.1 Å². The van der Waals surface area contributed by atoms with E-state index >= 15 is 0 Å². The average molecular weight is 415 g/mol. The highest BCUT2D eigenvalue weighted by atomic mass is 31.2. The zero-order valence-corrected chi connectivity index (χ0v) is 18.4. The summed E-state index contributed by atoms with van der Waals surface area (Å²) in [7, 11) is -3.17. The molecule has 0 aliphatic heterocycles. The van der Waals surface area contributed by atoms with Gasteiger partial charge in [0.15, 0.2) is 0 Å². The maximum atomic E-state index is 12.2. The number of carboxylic acids is 1. The van der Waals surface area contributed by atoms with E-state index in [2.05, 4.69) is 32.9 Å². The van der Waals surface area contributed by atoms with Crippen molar-refractivity contribution >= 4 is 19.5 Å². The molecule has 0 aromatic rings. The molecule has 28 heavy (non-hydrogen) atoms. The fraction of sp³-hybridized carbons (Fsp3) is 0.600. The number of rotatable bonds is 12. The topological polar surface area (TPSA) is 115 Å². The summed E-state index contributed by atoms with van der Waals surface area (Å²) in [5, 5.41) is 9.08. The highest BCUT2D eigenvalue weighted by Gasteiger charge is 2.35. The third kappa shape index (κ3) is 12.7. The number of allylic oxidation sites excluding steroid dienone is 5. The van der Waals surface area contributed by atoms with Crippen LogP contribution in [0.25, 0.3) is 0 Å². The molecule has 0 bridgehead atoms. The maximum absolute atomic E-state index is 12.2. The zero-order valence-electron chi connectivity index (χ0n) is 17.5. The first kappa shape index (κ1) is 26.3. The summed E-state index contributed by atoms with van der Waals surface area (Å²) in [4.78, 5) is 42.5. The fourth-order valence-electron chi connectivity index (χ4n) is 2.49. The molecule has 1 unspecified atom stereocenters. The van der Waals surface area contributed by atoms with Gasteiger partial charge in [-0.15, -0.1) is 0 Å². The summed E-state index contributed by atoms with van der Waals surface area (Å²) in [6.45, 7) is 8.41. The lowest BCUT2D eigenvalue weighted by atomic mass is 10.1. The van der Waals surface area contributed by atoms with Gasteiger partial charge in [0.2, 0.25) is 5.91 Å². The van der Waals surface area contributed by atoms with Gasteiger partial charge in [0, 0.05) is 13.6 Å². The normalized spacial score (nSPS) is 13.8. The Morgan fingerprint density at radius 3 is 1.93 bits per heavy atom. The summed E-state index contributed by atoms with van der Waals surface area (Å²) in [5.74, 6) is -4.09. The van der Waals surface area contributed by atoms with E-state index in [-0.39, 0.29) is 6.54 Å². The molecule has 1 amide bonds. The van der Waals surface area contributed by atoms with Crippen LogP contribution >= 0.6 is 7.60 Å². The van der Waals surface area contributed by atoms with Crippen LogP contribution < -0.4 is 0 Å². The molecule has 0 saturated carbocycles. The van der Waals surface area contributed by atoms with E-state index in [9.17, 15) is 14.2 Å². The minimum Gasteiger partial charge on any atom is -0.481 e. The first-order valence-corrected chi connectivity index (χ1v) is 11.1. The number of carboxylic acid groups (broad SMARTS) is 1. The molecule has 0 aromatic heterocycles. The molecule has 160 valence electrons. The number of likely N-dealkylation sites (N-methyl/N-ethyl adjacent to an activating group) is 1. The molecule has 0 aliphatic rings. The van der Waals surface area contributed by atoms with E-state index in [1.807, 2.05) is 13.0 Å². The fourth-order valence-corrected chi connectivity index (χ4v) is 3.28. The van der Waals surface area contributed by atoms with E-state index in [1.54, 1.807) is 0 Å². The average Bonchev–Trinajstić information content (AvgIpc) is 2.55. The van der Waals surface area contributed by atoms with Gasteiger partial charge in [0.1, 0.15) is 5.92 Å². The minimum atomic E-state index is -4.60. The van der Waals surface area contributed by atoms with Gasteiger partial charge >= 0.3 is 13.6 Å². The third-order valence-electron chi connectivity index (χ3n) is 4.23. The van der Waals surface area contributed by atoms with Crippen LogP contribution in [0.1, 0.15) is 53.4 Å². The highest BCUT2D eigenvalue weighted by molar-refractivity contribution is 7.51. The number of amides is 1. The Kier molecular flexibility index (Phi) is 11.9. The quantitative estimate of drug-likeness (QED) is 0.254. The van der Waals surface area contributed by atoms with Crippen LogP contribution in [0.15, 0.2) is 34.9 Å². The molecule has 1 atom stereocenters. The second-order valence-electron chi connectivity index (χ2n) is 7.42. The van der Waals surface area contributed by atoms with Crippen LogP contribution in [0, 0.1) is 5.92 Å². The van der Waals surface area contributed by atoms with Crippen molar-refractivity contribution in [3.8, 4) is 0 Å². The lowest BCUT2D eigenvalue weighted by Crippen LogP contribution is -2.39. The van der Waals surface area contributed by atoms with E-state index in [0.29, 0.717) is 0 Å². The molecular weight excluding hydrogens is 381 g/mol. The Hall–Kier alpha value is -1.69. The summed E-state index contributed by atoms with van der Waals surface area (Å²) in [6, 6.07) is 0. The second kappa shape index (κ2) is 12.7. The van der Waals surface area contributed by atoms with E-state index < -0.39 is 31.6 Å². The van der Waals surface area contributed by atoms with Crippen molar-refractivity contribution in [2.24, 2.45) is 5.92 Å². The lowest BCUT2D eigenvalue weighted by Gasteiger charge is -2.20. The Morgan fingerprint density at radius 2 is 1.46 bits per heavy atom. The van der Waals surface area contributed by atoms with Crippen molar-refractivity contribution < 1.29 is 29.0 Å². The largest absolute Gasteiger partial charge is 0.481 e. The summed E-state index contributed by atoms with van der Waals surface area (Å²) in [5.41, 5.74) is 3.71. The molecule has 0 spiro atoms. The third-order valence-corrected chi connectivity index (χ3v) is 5.07. The van der Waals surface area contributed by atoms with Crippen LogP contribution in [-0.4, -0.2) is 51.4 Å². The predicted molar refractivity (Wildman–Crippen MR) is 111 cm³/mol. The van der Waals surface area contributed by atoms with Crippen molar-refractivity contribution in [1.29, 1.82) is 0 Å². The van der Waals surface area contributed by atoms with Crippen molar-refractivity contribution in [3.05, 3.63) is 34.9 Å². The molecule has 7 nitrogen and oxygen atoms in total. The summed E-state index contributed by atoms with van der Waals surface area (Å²) in [6.07, 6.45) is 9.03. The van der Waals surface area contributed by atoms with E-state index in [4.69, 9.17) is 14.9 Å². The Bertz CT molecular complexity index is 670. The monoisotopic (exact) mass is 415 g/mol. The maximum Gasteiger partial charge on any atom is 0.326 e. The molecule has 8 heteroatoms. The van der Waals surface area contributed by atoms with Crippen molar-refractivity contribution in [3.63, 3.8) is 0 Å². The Morgan fingerprint density at radius 1 is 0.964 bits per heavy atom. The first-order chi connectivity index (χ1) is 12.8. The number of carbonyl (C=O) groups excluding carboxylic acids is 1. The van der Waals surface area contributed by atoms with Crippen LogP contribution in [0.5, 0.6) is 0 Å². The number of aliphatic carboxylic acids is 1. The van der Waals surface area contributed by atoms with Gasteiger partial charge in [0.25, 0.3) is 0 Å². The van der Waals surface area contributed by atoms with Gasteiger partial charge in [-0.1, -0.05) is 34.9 Å². The van der Waals surface area contributed by atoms with Crippen molar-refractivity contribution in [2.45, 2.75) is 53.4 Å². The van der Waals surface area contributed by atoms with Gasteiger partial charge in [0.05, 0.1) is 6.16 Å². The Labute approximate surface area is 168 Å². The molecule has 0 aliphatic carbocycles. The summed E-state index contributed by atoms with van der Waals surface area (Å²) < 4.78 is 11.1. The second-order valence-corrected chi connectivity index (χ2v) is 9.11. The highest BCUT2D eigenvalue weighted by Crippen LogP contribution is 2.37. The van der Waals surface area contributed by atoms with Gasteiger partial charge in [-0.2, -0.15) is 0 Å². The van der Waals surface area contributed by atoms with Crippen molar-refractivity contribution in [1.82, 2.24) is 4.90 Å². The number of hydrogen-bond donors (Lipinski definition) is 3. The van der Waals surface area contributed by atoms with Gasteiger partial charge in [-0.3, -0.25) is 14.2 Å². The molecule has 0 saturated heterocycles. The smallest absolute Gasteiger partial charge is 0.326 e. The predicted octanol–water partition coefficient (Wildman–Crippen LogP) is 3.74. The van der Waals surface area contributed by atoms with Crippen LogP contribution in [0.4, 0.5) is 0 Å². The van der Waals surface area contributed by atoms with Crippen LogP contribution in [-0.2, 0) is 14.2 Å². The van der Waals surface area contributed by atoms with Gasteiger partial charge < -0.3 is 19.8 Å². The van der Waals surface area contributed by atoms with Crippen LogP contribution in [0.3, 0.4) is 0 Å². The number of carbonyl (C=O) groups is 2.